The van der Waals surface area contributed by atoms with Crippen molar-refractivity contribution in [3.8, 4) is 0 Å². The first-order valence-electron chi connectivity index (χ1n) is 13.1. The van der Waals surface area contributed by atoms with E-state index in [0.717, 1.165) is 41.6 Å². The first-order chi connectivity index (χ1) is 17.3. The standard InChI is InChI=1S/C30H43N3O4/c1-9-10-11-19-33(28(35)23(5)31-29(36)37-30(6,7)8)26(24-17-15-20(2)16-18-24)27(34)32-25-21(3)13-12-14-22(25)4/h12-18,23,26H,9-11,19H2,1-8H3,(H,31,36)(H,32,34). The Labute approximate surface area is 222 Å². The molecule has 2 aromatic carbocycles. The lowest BCUT2D eigenvalue weighted by Crippen LogP contribution is -2.51. The Morgan fingerprint density at radius 2 is 1.54 bits per heavy atom. The van der Waals surface area contributed by atoms with Crippen molar-refractivity contribution < 1.29 is 19.1 Å². The molecule has 0 heterocycles. The van der Waals surface area contributed by atoms with Gasteiger partial charge in [0.1, 0.15) is 17.7 Å². The third-order valence-corrected chi connectivity index (χ3v) is 6.07. The Hall–Kier alpha value is -3.35. The number of hydrogen-bond donors (Lipinski definition) is 2. The number of carbonyl (C=O) groups is 3. The molecule has 0 fully saturated rings. The second kappa shape index (κ2) is 13.3. The summed E-state index contributed by atoms with van der Waals surface area (Å²) in [5, 5.41) is 5.73. The quantitative estimate of drug-likeness (QED) is 0.372. The number of benzene rings is 2. The van der Waals surface area contributed by atoms with Crippen LogP contribution in [0.1, 0.15) is 82.2 Å². The van der Waals surface area contributed by atoms with E-state index in [-0.39, 0.29) is 11.8 Å². The second-order valence-corrected chi connectivity index (χ2v) is 10.7. The molecule has 2 atom stereocenters. The lowest BCUT2D eigenvalue weighted by molar-refractivity contribution is -0.140. The van der Waals surface area contributed by atoms with Crippen LogP contribution in [0.5, 0.6) is 0 Å². The van der Waals surface area contributed by atoms with E-state index in [4.69, 9.17) is 4.74 Å². The van der Waals surface area contributed by atoms with E-state index in [2.05, 4.69) is 17.6 Å². The van der Waals surface area contributed by atoms with Crippen LogP contribution in [-0.4, -0.2) is 41.0 Å². The summed E-state index contributed by atoms with van der Waals surface area (Å²) in [6.07, 6.45) is 1.95. The molecule has 7 heteroatoms. The van der Waals surface area contributed by atoms with E-state index >= 15 is 0 Å². The molecule has 0 saturated heterocycles. The number of nitrogens with zero attached hydrogens (tertiary/aromatic N) is 1. The van der Waals surface area contributed by atoms with Crippen LogP contribution in [0.2, 0.25) is 0 Å². The lowest BCUT2D eigenvalue weighted by atomic mass is 10.00. The maximum Gasteiger partial charge on any atom is 0.408 e. The molecule has 2 unspecified atom stereocenters. The topological polar surface area (TPSA) is 87.7 Å². The van der Waals surface area contributed by atoms with Gasteiger partial charge in [0, 0.05) is 12.2 Å². The number of aryl methyl sites for hydroxylation is 3. The molecule has 7 nitrogen and oxygen atoms in total. The van der Waals surface area contributed by atoms with E-state index in [1.165, 1.54) is 0 Å². The molecule has 0 aromatic heterocycles. The van der Waals surface area contributed by atoms with Crippen LogP contribution in [0.25, 0.3) is 0 Å². The molecule has 2 N–H and O–H groups in total. The summed E-state index contributed by atoms with van der Waals surface area (Å²) in [5.41, 5.74) is 3.71. The SMILES string of the molecule is CCCCCN(C(=O)C(C)NC(=O)OC(C)(C)C)C(C(=O)Nc1c(C)cccc1C)c1ccc(C)cc1. The average molecular weight is 510 g/mol. The van der Waals surface area contributed by atoms with Crippen LogP contribution in [0.3, 0.4) is 0 Å². The third kappa shape index (κ3) is 8.92. The molecule has 37 heavy (non-hydrogen) atoms. The van der Waals surface area contributed by atoms with Crippen molar-refractivity contribution >= 4 is 23.6 Å². The van der Waals surface area contributed by atoms with Gasteiger partial charge in [-0.1, -0.05) is 67.8 Å². The van der Waals surface area contributed by atoms with E-state index in [9.17, 15) is 14.4 Å². The molecular formula is C30H43N3O4. The fourth-order valence-corrected chi connectivity index (χ4v) is 4.12. The van der Waals surface area contributed by atoms with E-state index < -0.39 is 23.8 Å². The van der Waals surface area contributed by atoms with Gasteiger partial charge in [0.25, 0.3) is 5.91 Å². The van der Waals surface area contributed by atoms with Crippen molar-refractivity contribution in [1.82, 2.24) is 10.2 Å². The number of unbranched alkanes of at least 4 members (excludes halogenated alkanes) is 2. The normalized spacial score (nSPS) is 12.9. The molecule has 202 valence electrons. The Morgan fingerprint density at radius 3 is 2.08 bits per heavy atom. The summed E-state index contributed by atoms with van der Waals surface area (Å²) in [6, 6.07) is 11.7. The van der Waals surface area contributed by atoms with Crippen molar-refractivity contribution in [1.29, 1.82) is 0 Å². The molecule has 0 aliphatic heterocycles. The highest BCUT2D eigenvalue weighted by Crippen LogP contribution is 2.27. The number of amides is 3. The van der Waals surface area contributed by atoms with Gasteiger partial charge in [-0.15, -0.1) is 0 Å². The molecule has 2 rings (SSSR count). The highest BCUT2D eigenvalue weighted by molar-refractivity contribution is 5.99. The van der Waals surface area contributed by atoms with Crippen molar-refractivity contribution in [3.63, 3.8) is 0 Å². The van der Waals surface area contributed by atoms with Crippen LogP contribution in [-0.2, 0) is 14.3 Å². The number of para-hydroxylation sites is 1. The highest BCUT2D eigenvalue weighted by Gasteiger charge is 2.34. The van der Waals surface area contributed by atoms with E-state index in [0.29, 0.717) is 12.1 Å². The van der Waals surface area contributed by atoms with Crippen molar-refractivity contribution in [2.75, 3.05) is 11.9 Å². The van der Waals surface area contributed by atoms with Gasteiger partial charge >= 0.3 is 6.09 Å². The average Bonchev–Trinajstić information content (AvgIpc) is 2.80. The maximum absolute atomic E-state index is 13.9. The summed E-state index contributed by atoms with van der Waals surface area (Å²) >= 11 is 0. The molecule has 0 saturated carbocycles. The Balaban J connectivity index is 2.46. The number of nitrogens with one attached hydrogen (secondary N) is 2. The summed E-state index contributed by atoms with van der Waals surface area (Å²) in [4.78, 5) is 41.7. The zero-order chi connectivity index (χ0) is 27.8. The molecule has 0 spiro atoms. The summed E-state index contributed by atoms with van der Waals surface area (Å²) in [6.45, 7) is 15.3. The van der Waals surface area contributed by atoms with Crippen molar-refractivity contribution in [3.05, 3.63) is 64.7 Å². The largest absolute Gasteiger partial charge is 0.444 e. The molecule has 0 aliphatic carbocycles. The van der Waals surface area contributed by atoms with Crippen LogP contribution < -0.4 is 10.6 Å². The zero-order valence-electron chi connectivity index (χ0n) is 23.6. The fourth-order valence-electron chi connectivity index (χ4n) is 4.12. The fraction of sp³-hybridized carbons (Fsp3) is 0.500. The number of carbonyl (C=O) groups excluding carboxylic acids is 3. The molecule has 0 aliphatic rings. The first-order valence-corrected chi connectivity index (χ1v) is 13.1. The monoisotopic (exact) mass is 509 g/mol. The maximum atomic E-state index is 13.9. The molecule has 0 bridgehead atoms. The highest BCUT2D eigenvalue weighted by atomic mass is 16.6. The molecule has 0 radical (unpaired) electrons. The first kappa shape index (κ1) is 29.9. The van der Waals surface area contributed by atoms with Crippen LogP contribution >= 0.6 is 0 Å². The van der Waals surface area contributed by atoms with Crippen molar-refractivity contribution in [2.24, 2.45) is 0 Å². The minimum atomic E-state index is -0.877. The van der Waals surface area contributed by atoms with Gasteiger partial charge in [-0.3, -0.25) is 9.59 Å². The van der Waals surface area contributed by atoms with Gasteiger partial charge < -0.3 is 20.3 Å². The van der Waals surface area contributed by atoms with Gasteiger partial charge in [-0.25, -0.2) is 4.79 Å². The smallest absolute Gasteiger partial charge is 0.408 e. The van der Waals surface area contributed by atoms with Gasteiger partial charge in [-0.2, -0.15) is 0 Å². The Morgan fingerprint density at radius 1 is 0.946 bits per heavy atom. The van der Waals surface area contributed by atoms with Gasteiger partial charge in [0.2, 0.25) is 5.91 Å². The number of alkyl carbamates (subject to hydrolysis) is 1. The predicted octanol–water partition coefficient (Wildman–Crippen LogP) is 6.22. The molecular weight excluding hydrogens is 466 g/mol. The van der Waals surface area contributed by atoms with Crippen LogP contribution in [0, 0.1) is 20.8 Å². The minimum Gasteiger partial charge on any atom is -0.444 e. The summed E-state index contributed by atoms with van der Waals surface area (Å²) in [7, 11) is 0. The zero-order valence-corrected chi connectivity index (χ0v) is 23.6. The van der Waals surface area contributed by atoms with Gasteiger partial charge in [-0.05, 0) is 71.6 Å². The number of hydrogen-bond acceptors (Lipinski definition) is 4. The predicted molar refractivity (Wildman–Crippen MR) is 149 cm³/mol. The van der Waals surface area contributed by atoms with E-state index in [1.807, 2.05) is 63.2 Å². The molecule has 3 amide bonds. The van der Waals surface area contributed by atoms with Crippen molar-refractivity contribution in [2.45, 2.75) is 92.3 Å². The Kier molecular flexibility index (Phi) is 10.7. The van der Waals surface area contributed by atoms with Crippen LogP contribution in [0.4, 0.5) is 10.5 Å². The number of ether oxygens (including phenoxy) is 1. The number of rotatable bonds is 10. The second-order valence-electron chi connectivity index (χ2n) is 10.7. The molecule has 2 aromatic rings. The third-order valence-electron chi connectivity index (χ3n) is 6.07. The Bertz CT molecular complexity index is 1050. The van der Waals surface area contributed by atoms with Gasteiger partial charge in [0.15, 0.2) is 0 Å². The van der Waals surface area contributed by atoms with Crippen LogP contribution in [0.15, 0.2) is 42.5 Å². The van der Waals surface area contributed by atoms with E-state index in [1.54, 1.807) is 32.6 Å². The summed E-state index contributed by atoms with van der Waals surface area (Å²) < 4.78 is 5.35. The lowest BCUT2D eigenvalue weighted by Gasteiger charge is -2.34. The van der Waals surface area contributed by atoms with Gasteiger partial charge in [0.05, 0.1) is 0 Å². The minimum absolute atomic E-state index is 0.296. The number of anilines is 1. The summed E-state index contributed by atoms with van der Waals surface area (Å²) in [5.74, 6) is -0.639.